The highest BCUT2D eigenvalue weighted by Gasteiger charge is 2.62. The number of methoxy groups -OCH3 is 2. The lowest BCUT2D eigenvalue weighted by Crippen LogP contribution is -2.70. The zero-order chi connectivity index (χ0) is 50.1. The van der Waals surface area contributed by atoms with Crippen LogP contribution in [0, 0.1) is 25.2 Å². The number of nitrogens with one attached hydrogen (secondary N) is 1. The standard InChI is InChI=1S/C54H56N4O12S/c1-9-19-57-34-21-32-20-28(2)46(64-8)45(60)40(32)43(57)44-50-42-41(49-48(66-27-67-49)29(3)47(42)69-39(59)16-15-30-13-11-10-12-14-30)36(58(44)35(34)24-55)25-65-51(61)54(26-71-50)33-23-37(63-7)38(22-31(33)17-18-56-54)68-52(62)70-53(4,5)6/h9-16,20,22-23,34-36,43-44,50,56,60H,1,17-19,21,25-27H2,2-8H3/t34-,35-,36-,43+,44?,50+,54+/m0/s1. The minimum atomic E-state index is -1.50. The molecule has 0 saturated carbocycles. The number of thioether (sulfide) groups is 1. The smallest absolute Gasteiger partial charge is 0.504 e. The van der Waals surface area contributed by atoms with Crippen LogP contribution in [0.3, 0.4) is 0 Å². The number of fused-ring (bicyclic) bond motifs is 9. The van der Waals surface area contributed by atoms with Crippen molar-refractivity contribution < 1.29 is 57.4 Å². The van der Waals surface area contributed by atoms with Gasteiger partial charge in [-0.2, -0.15) is 5.26 Å². The molecule has 370 valence electrons. The van der Waals surface area contributed by atoms with Crippen LogP contribution in [0.1, 0.15) is 88.2 Å². The van der Waals surface area contributed by atoms with Crippen LogP contribution in [0.5, 0.6) is 40.2 Å². The van der Waals surface area contributed by atoms with E-state index < -0.39 is 64.7 Å². The van der Waals surface area contributed by atoms with Gasteiger partial charge in [-0.05, 0) is 93.5 Å². The number of hydrogen-bond acceptors (Lipinski definition) is 17. The van der Waals surface area contributed by atoms with Crippen LogP contribution in [0.15, 0.2) is 67.3 Å². The number of carbonyl (C=O) groups is 3. The number of nitrogens with zero attached hydrogens (tertiary/aromatic N) is 3. The second kappa shape index (κ2) is 18.5. The molecule has 16 nitrogen and oxygen atoms in total. The molecule has 0 radical (unpaired) electrons. The second-order valence-corrected chi connectivity index (χ2v) is 20.7. The van der Waals surface area contributed by atoms with Crippen molar-refractivity contribution >= 4 is 35.9 Å². The highest BCUT2D eigenvalue weighted by atomic mass is 32.2. The van der Waals surface area contributed by atoms with Gasteiger partial charge in [-0.3, -0.25) is 15.1 Å². The Bertz CT molecular complexity index is 2930. The quantitative estimate of drug-likeness (QED) is 0.0571. The van der Waals surface area contributed by atoms with Gasteiger partial charge in [0.05, 0.1) is 37.6 Å². The molecular formula is C54H56N4O12S. The minimum absolute atomic E-state index is 0.00426. The summed E-state index contributed by atoms with van der Waals surface area (Å²) in [6.45, 7) is 13.4. The van der Waals surface area contributed by atoms with Crippen LogP contribution in [0.4, 0.5) is 4.79 Å². The Balaban J connectivity index is 1.20. The van der Waals surface area contributed by atoms with E-state index >= 15 is 4.79 Å². The zero-order valence-corrected chi connectivity index (χ0v) is 41.5. The molecule has 2 fully saturated rings. The van der Waals surface area contributed by atoms with Crippen molar-refractivity contribution in [2.45, 2.75) is 94.1 Å². The summed E-state index contributed by atoms with van der Waals surface area (Å²) in [6, 6.07) is 14.2. The number of phenols is 1. The lowest BCUT2D eigenvalue weighted by Gasteiger charge is -2.62. The number of hydrogen-bond donors (Lipinski definition) is 2. The average Bonchev–Trinajstić information content (AvgIpc) is 3.83. The van der Waals surface area contributed by atoms with Crippen LogP contribution in [-0.2, 0) is 37.4 Å². The van der Waals surface area contributed by atoms with Crippen molar-refractivity contribution in [2.24, 2.45) is 0 Å². The van der Waals surface area contributed by atoms with Gasteiger partial charge in [0, 0.05) is 59.3 Å². The first kappa shape index (κ1) is 47.9. The van der Waals surface area contributed by atoms with Crippen molar-refractivity contribution in [1.29, 1.82) is 5.26 Å². The minimum Gasteiger partial charge on any atom is -0.504 e. The molecule has 4 aromatic carbocycles. The van der Waals surface area contributed by atoms with Gasteiger partial charge in [0.2, 0.25) is 6.79 Å². The van der Waals surface area contributed by atoms with E-state index in [1.807, 2.05) is 50.2 Å². The van der Waals surface area contributed by atoms with E-state index in [0.29, 0.717) is 71.0 Å². The predicted octanol–water partition coefficient (Wildman–Crippen LogP) is 7.85. The molecule has 2 N–H and O–H groups in total. The van der Waals surface area contributed by atoms with Crippen molar-refractivity contribution in [3.63, 3.8) is 0 Å². The van der Waals surface area contributed by atoms with Gasteiger partial charge in [-0.25, -0.2) is 14.4 Å². The topological polar surface area (TPSA) is 188 Å². The Morgan fingerprint density at radius 1 is 1.00 bits per heavy atom. The van der Waals surface area contributed by atoms with Crippen LogP contribution in [0.2, 0.25) is 0 Å². The third-order valence-electron chi connectivity index (χ3n) is 14.3. The van der Waals surface area contributed by atoms with E-state index in [4.69, 9.17) is 37.9 Å². The molecule has 7 aliphatic heterocycles. The Labute approximate surface area is 416 Å². The summed E-state index contributed by atoms with van der Waals surface area (Å²) in [6.07, 6.45) is 4.85. The molecule has 0 amide bonds. The van der Waals surface area contributed by atoms with Crippen molar-refractivity contribution in [2.75, 3.05) is 46.5 Å². The maximum absolute atomic E-state index is 15.3. The van der Waals surface area contributed by atoms with Crippen molar-refractivity contribution in [3.05, 3.63) is 117 Å². The summed E-state index contributed by atoms with van der Waals surface area (Å²) in [4.78, 5) is 46.9. The number of aromatic hydroxyl groups is 1. The fraction of sp³-hybridized carbons (Fsp3) is 0.407. The van der Waals surface area contributed by atoms with E-state index in [0.717, 1.165) is 22.3 Å². The van der Waals surface area contributed by atoms with Crippen LogP contribution in [-0.4, -0.2) is 103 Å². The molecule has 0 aliphatic carbocycles. The van der Waals surface area contributed by atoms with Gasteiger partial charge in [0.1, 0.15) is 24.0 Å². The molecule has 17 heteroatoms. The summed E-state index contributed by atoms with van der Waals surface area (Å²) in [7, 11) is 2.98. The first-order valence-electron chi connectivity index (χ1n) is 23.6. The fourth-order valence-electron chi connectivity index (χ4n) is 11.6. The third kappa shape index (κ3) is 8.01. The molecule has 1 spiro atoms. The fourth-order valence-corrected chi connectivity index (χ4v) is 13.3. The molecule has 2 saturated heterocycles. The van der Waals surface area contributed by atoms with E-state index in [2.05, 4.69) is 27.8 Å². The Hall–Kier alpha value is -6.71. The zero-order valence-electron chi connectivity index (χ0n) is 40.7. The summed E-state index contributed by atoms with van der Waals surface area (Å²) in [5, 5.41) is 26.8. The number of ether oxygens (including phenoxy) is 8. The van der Waals surface area contributed by atoms with Crippen LogP contribution in [0.25, 0.3) is 6.08 Å². The van der Waals surface area contributed by atoms with Gasteiger partial charge in [-0.1, -0.05) is 42.5 Å². The SMILES string of the molecule is C=CCN1[C@@H]2c3c(cc(C)c(OC)c3O)C[C@H]1[C@H](C#N)N1C2[C@@H]2SC[C@]3(NCCc4cc(OC(=O)OC(C)(C)C)c(OC)cc43)C(=O)OC[C@H]1c1c3c(c(C)c(OC(=O)C=Cc4ccccc4)c12)OCO3. The molecular weight excluding hydrogens is 929 g/mol. The molecule has 4 aromatic rings. The molecule has 7 atom stereocenters. The average molecular weight is 985 g/mol. The molecule has 7 aliphatic rings. The third-order valence-corrected chi connectivity index (χ3v) is 15.8. The Kier molecular flexibility index (Phi) is 12.5. The number of rotatable bonds is 8. The maximum Gasteiger partial charge on any atom is 0.514 e. The lowest BCUT2D eigenvalue weighted by atomic mass is 9.71. The summed E-state index contributed by atoms with van der Waals surface area (Å²) in [5.41, 5.74) is 3.79. The number of esters is 2. The highest BCUT2D eigenvalue weighted by molar-refractivity contribution is 7.99. The van der Waals surface area contributed by atoms with Gasteiger partial charge >= 0.3 is 18.1 Å². The summed E-state index contributed by atoms with van der Waals surface area (Å²) in [5.74, 6) is 0.553. The van der Waals surface area contributed by atoms with Gasteiger partial charge in [0.25, 0.3) is 0 Å². The maximum atomic E-state index is 15.3. The number of nitriles is 1. The number of aryl methyl sites for hydroxylation is 1. The van der Waals surface area contributed by atoms with Gasteiger partial charge < -0.3 is 43.0 Å². The molecule has 11 rings (SSSR count). The Morgan fingerprint density at radius 2 is 1.77 bits per heavy atom. The molecule has 7 heterocycles. The number of phenolic OH excluding ortho intramolecular Hbond substituents is 1. The molecule has 1 unspecified atom stereocenters. The normalized spacial score (nSPS) is 25.2. The monoisotopic (exact) mass is 984 g/mol. The van der Waals surface area contributed by atoms with E-state index in [-0.39, 0.29) is 42.2 Å². The van der Waals surface area contributed by atoms with Gasteiger partial charge in [-0.15, -0.1) is 18.3 Å². The largest absolute Gasteiger partial charge is 0.514 e. The summed E-state index contributed by atoms with van der Waals surface area (Å²) < 4.78 is 48.6. The predicted molar refractivity (Wildman–Crippen MR) is 262 cm³/mol. The first-order valence-corrected chi connectivity index (χ1v) is 24.7. The Morgan fingerprint density at radius 3 is 2.49 bits per heavy atom. The lowest BCUT2D eigenvalue weighted by molar-refractivity contribution is -0.157. The molecule has 4 bridgehead atoms. The molecule has 71 heavy (non-hydrogen) atoms. The number of piperazine rings is 1. The van der Waals surface area contributed by atoms with E-state index in [9.17, 15) is 20.0 Å². The van der Waals surface area contributed by atoms with E-state index in [1.54, 1.807) is 45.1 Å². The first-order chi connectivity index (χ1) is 34.1. The van der Waals surface area contributed by atoms with Crippen molar-refractivity contribution in [1.82, 2.24) is 15.1 Å². The second-order valence-electron chi connectivity index (χ2n) is 19.5. The number of benzene rings is 4. The summed E-state index contributed by atoms with van der Waals surface area (Å²) >= 11 is 1.44. The molecule has 0 aromatic heterocycles. The number of carbonyl (C=O) groups excluding carboxylic acids is 3. The van der Waals surface area contributed by atoms with E-state index in [1.165, 1.54) is 32.1 Å². The van der Waals surface area contributed by atoms with Gasteiger partial charge in [0.15, 0.2) is 40.0 Å². The van der Waals surface area contributed by atoms with Crippen LogP contribution >= 0.6 is 11.8 Å². The highest BCUT2D eigenvalue weighted by Crippen LogP contribution is 2.65. The van der Waals surface area contributed by atoms with Crippen molar-refractivity contribution in [3.8, 4) is 46.3 Å². The van der Waals surface area contributed by atoms with Crippen LogP contribution < -0.4 is 33.7 Å².